The molecule has 1 atom stereocenters. The molecule has 0 amide bonds. The van der Waals surface area contributed by atoms with Crippen LogP contribution in [0.2, 0.25) is 0 Å². The van der Waals surface area contributed by atoms with E-state index < -0.39 is 9.84 Å². The minimum Gasteiger partial charge on any atom is -0.339 e. The van der Waals surface area contributed by atoms with E-state index >= 15 is 0 Å². The highest BCUT2D eigenvalue weighted by Crippen LogP contribution is 2.06. The maximum atomic E-state index is 11.1. The van der Waals surface area contributed by atoms with Gasteiger partial charge in [-0.05, 0) is 19.4 Å². The van der Waals surface area contributed by atoms with E-state index in [0.717, 1.165) is 25.6 Å². The van der Waals surface area contributed by atoms with Gasteiger partial charge in [0.05, 0.1) is 0 Å². The Labute approximate surface area is 108 Å². The van der Waals surface area contributed by atoms with Crippen molar-refractivity contribution in [3.8, 4) is 0 Å². The van der Waals surface area contributed by atoms with Gasteiger partial charge in [-0.1, -0.05) is 19.0 Å². The van der Waals surface area contributed by atoms with Crippen molar-refractivity contribution in [2.24, 2.45) is 0 Å². The fourth-order valence-corrected chi connectivity index (χ4v) is 2.17. The summed E-state index contributed by atoms with van der Waals surface area (Å²) >= 11 is 0. The van der Waals surface area contributed by atoms with E-state index in [0.29, 0.717) is 12.3 Å². The van der Waals surface area contributed by atoms with Gasteiger partial charge in [-0.3, -0.25) is 0 Å². The number of nitrogens with one attached hydrogen (secondary N) is 1. The van der Waals surface area contributed by atoms with Crippen LogP contribution in [0.1, 0.15) is 38.4 Å². The topological polar surface area (TPSA) is 85.1 Å². The molecule has 0 aromatic carbocycles. The third kappa shape index (κ3) is 5.59. The van der Waals surface area contributed by atoms with E-state index in [1.54, 1.807) is 0 Å². The maximum absolute atomic E-state index is 11.1. The Morgan fingerprint density at radius 2 is 2.11 bits per heavy atom. The highest BCUT2D eigenvalue weighted by molar-refractivity contribution is 7.89. The fourth-order valence-electron chi connectivity index (χ4n) is 1.59. The van der Waals surface area contributed by atoms with E-state index in [2.05, 4.69) is 29.3 Å². The summed E-state index contributed by atoms with van der Waals surface area (Å²) < 4.78 is 27.2. The molecule has 0 bridgehead atoms. The Kier molecular flexibility index (Phi) is 5.74. The number of sulfone groups is 1. The largest absolute Gasteiger partial charge is 0.339 e. The monoisotopic (exact) mass is 275 g/mol. The summed E-state index contributed by atoms with van der Waals surface area (Å²) in [5.41, 5.74) is 0. The summed E-state index contributed by atoms with van der Waals surface area (Å²) in [4.78, 5) is 4.09. The van der Waals surface area contributed by atoms with Crippen LogP contribution >= 0.6 is 0 Å². The zero-order chi connectivity index (χ0) is 13.6. The van der Waals surface area contributed by atoms with Crippen LogP contribution < -0.4 is 5.32 Å². The smallest absolute Gasteiger partial charge is 0.228 e. The van der Waals surface area contributed by atoms with Crippen LogP contribution in [0, 0.1) is 0 Å². The molecule has 1 rings (SSSR count). The molecular formula is C11H21N3O3S. The van der Waals surface area contributed by atoms with Crippen LogP contribution in [0.3, 0.4) is 0 Å². The SMILES string of the molecule is CCCNC(CC)Cc1nc(CS(C)(=O)=O)no1. The molecule has 0 fully saturated rings. The van der Waals surface area contributed by atoms with Gasteiger partial charge in [-0.25, -0.2) is 8.42 Å². The third-order valence-corrected chi connectivity index (χ3v) is 3.28. The Morgan fingerprint density at radius 3 is 2.67 bits per heavy atom. The molecule has 1 N–H and O–H groups in total. The summed E-state index contributed by atoms with van der Waals surface area (Å²) in [6.07, 6.45) is 3.82. The van der Waals surface area contributed by atoms with Crippen molar-refractivity contribution in [1.29, 1.82) is 0 Å². The lowest BCUT2D eigenvalue weighted by Crippen LogP contribution is -2.31. The van der Waals surface area contributed by atoms with E-state index in [-0.39, 0.29) is 17.6 Å². The van der Waals surface area contributed by atoms with Gasteiger partial charge in [-0.15, -0.1) is 0 Å². The van der Waals surface area contributed by atoms with Crippen molar-refractivity contribution in [3.63, 3.8) is 0 Å². The Balaban J connectivity index is 2.57. The molecule has 104 valence electrons. The minimum atomic E-state index is -3.11. The number of hydrogen-bond donors (Lipinski definition) is 1. The molecule has 0 saturated carbocycles. The second-order valence-corrected chi connectivity index (χ2v) is 6.58. The predicted molar refractivity (Wildman–Crippen MR) is 68.9 cm³/mol. The van der Waals surface area contributed by atoms with Crippen molar-refractivity contribution >= 4 is 9.84 Å². The summed E-state index contributed by atoms with van der Waals surface area (Å²) in [5.74, 6) is 0.553. The lowest BCUT2D eigenvalue weighted by Gasteiger charge is -2.13. The third-order valence-electron chi connectivity index (χ3n) is 2.50. The van der Waals surface area contributed by atoms with Gasteiger partial charge >= 0.3 is 0 Å². The number of aromatic nitrogens is 2. The molecule has 0 radical (unpaired) electrons. The van der Waals surface area contributed by atoms with Crippen molar-refractivity contribution in [2.75, 3.05) is 12.8 Å². The molecule has 6 nitrogen and oxygen atoms in total. The molecule has 0 aliphatic heterocycles. The van der Waals surface area contributed by atoms with Crippen LogP contribution in [-0.2, 0) is 22.0 Å². The van der Waals surface area contributed by atoms with Gasteiger partial charge in [0.15, 0.2) is 15.7 Å². The average Bonchev–Trinajstić information content (AvgIpc) is 2.69. The second kappa shape index (κ2) is 6.84. The number of rotatable bonds is 8. The van der Waals surface area contributed by atoms with Crippen LogP contribution in [0.25, 0.3) is 0 Å². The highest BCUT2D eigenvalue weighted by atomic mass is 32.2. The van der Waals surface area contributed by atoms with Gasteiger partial charge in [0, 0.05) is 18.7 Å². The first-order valence-corrected chi connectivity index (χ1v) is 8.23. The van der Waals surface area contributed by atoms with Crippen LogP contribution in [0.5, 0.6) is 0 Å². The van der Waals surface area contributed by atoms with Crippen LogP contribution in [0.15, 0.2) is 4.52 Å². The number of nitrogens with zero attached hydrogens (tertiary/aromatic N) is 2. The normalized spacial score (nSPS) is 13.7. The molecule has 1 aromatic heterocycles. The highest BCUT2D eigenvalue weighted by Gasteiger charge is 2.15. The lowest BCUT2D eigenvalue weighted by molar-refractivity contribution is 0.351. The Bertz CT molecular complexity index is 456. The average molecular weight is 275 g/mol. The van der Waals surface area contributed by atoms with Gasteiger partial charge in [-0.2, -0.15) is 4.98 Å². The maximum Gasteiger partial charge on any atom is 0.228 e. The lowest BCUT2D eigenvalue weighted by atomic mass is 10.1. The van der Waals surface area contributed by atoms with Crippen LogP contribution in [0.4, 0.5) is 0 Å². The van der Waals surface area contributed by atoms with Crippen molar-refractivity contribution in [1.82, 2.24) is 15.5 Å². The minimum absolute atomic E-state index is 0.171. The molecule has 1 unspecified atom stereocenters. The zero-order valence-electron chi connectivity index (χ0n) is 11.1. The summed E-state index contributed by atoms with van der Waals surface area (Å²) in [6.45, 7) is 5.14. The van der Waals surface area contributed by atoms with E-state index in [9.17, 15) is 8.42 Å². The van der Waals surface area contributed by atoms with E-state index in [1.807, 2.05) is 0 Å². The molecule has 0 aliphatic carbocycles. The molecule has 0 aliphatic rings. The zero-order valence-corrected chi connectivity index (χ0v) is 12.0. The predicted octanol–water partition coefficient (Wildman–Crippen LogP) is 0.935. The summed E-state index contributed by atoms with van der Waals surface area (Å²) in [5, 5.41) is 7.06. The first kappa shape index (κ1) is 15.1. The first-order chi connectivity index (χ1) is 8.44. The Morgan fingerprint density at radius 1 is 1.39 bits per heavy atom. The Hall–Kier alpha value is -0.950. The van der Waals surface area contributed by atoms with E-state index in [1.165, 1.54) is 0 Å². The molecule has 1 aromatic rings. The number of hydrogen-bond acceptors (Lipinski definition) is 6. The fraction of sp³-hybridized carbons (Fsp3) is 0.818. The summed E-state index contributed by atoms with van der Waals surface area (Å²) in [7, 11) is -3.11. The molecule has 0 spiro atoms. The molecule has 18 heavy (non-hydrogen) atoms. The van der Waals surface area contributed by atoms with Crippen molar-refractivity contribution < 1.29 is 12.9 Å². The van der Waals surface area contributed by atoms with Gasteiger partial charge in [0.25, 0.3) is 0 Å². The van der Waals surface area contributed by atoms with Crippen LogP contribution in [-0.4, -0.2) is 37.4 Å². The second-order valence-electron chi connectivity index (χ2n) is 4.44. The van der Waals surface area contributed by atoms with Gasteiger partial charge in [0.1, 0.15) is 5.75 Å². The van der Waals surface area contributed by atoms with Crippen molar-refractivity contribution in [2.45, 2.75) is 44.9 Å². The van der Waals surface area contributed by atoms with Crippen molar-refractivity contribution in [3.05, 3.63) is 11.7 Å². The molecular weight excluding hydrogens is 254 g/mol. The molecule has 7 heteroatoms. The van der Waals surface area contributed by atoms with E-state index in [4.69, 9.17) is 4.52 Å². The summed E-state index contributed by atoms with van der Waals surface area (Å²) in [6, 6.07) is 0.288. The van der Waals surface area contributed by atoms with Gasteiger partial charge in [0.2, 0.25) is 5.89 Å². The standard InChI is InChI=1S/C11H21N3O3S/c1-4-6-12-9(5-2)7-11-13-10(14-17-11)8-18(3,15)16/h9,12H,4-8H2,1-3H3. The molecule has 0 saturated heterocycles. The first-order valence-electron chi connectivity index (χ1n) is 6.17. The molecule has 1 heterocycles. The van der Waals surface area contributed by atoms with Gasteiger partial charge < -0.3 is 9.84 Å². The quantitative estimate of drug-likeness (QED) is 0.760.